The molecule has 2 nitrogen and oxygen atoms in total. The number of ketones is 1. The van der Waals surface area contributed by atoms with Crippen molar-refractivity contribution in [2.75, 3.05) is 18.5 Å². The highest BCUT2D eigenvalue weighted by Crippen LogP contribution is 2.29. The van der Waals surface area contributed by atoms with E-state index in [0.29, 0.717) is 12.5 Å². The molecule has 0 fully saturated rings. The Morgan fingerprint density at radius 3 is 2.50 bits per heavy atom. The highest BCUT2D eigenvalue weighted by molar-refractivity contribution is 5.81. The second kappa shape index (κ2) is 5.15. The standard InChI is InChI=1S/C14H21NO/c1-10(2)13-8-6-7-11(3)14(13)15(5)9-12(4)16/h6-8,10H,9H2,1-5H3. The molecule has 0 saturated heterocycles. The van der Waals surface area contributed by atoms with Gasteiger partial charge in [0.1, 0.15) is 5.78 Å². The van der Waals surface area contributed by atoms with Crippen molar-refractivity contribution in [3.05, 3.63) is 29.3 Å². The monoisotopic (exact) mass is 219 g/mol. The second-order valence-electron chi connectivity index (χ2n) is 4.73. The molecule has 0 saturated carbocycles. The van der Waals surface area contributed by atoms with Gasteiger partial charge >= 0.3 is 0 Å². The van der Waals surface area contributed by atoms with Crippen molar-refractivity contribution >= 4 is 11.5 Å². The number of hydrogen-bond acceptors (Lipinski definition) is 2. The number of benzene rings is 1. The summed E-state index contributed by atoms with van der Waals surface area (Å²) < 4.78 is 0. The molecule has 1 aromatic carbocycles. The van der Waals surface area contributed by atoms with E-state index in [1.807, 2.05) is 11.9 Å². The molecule has 1 aromatic rings. The van der Waals surface area contributed by atoms with E-state index >= 15 is 0 Å². The number of hydrogen-bond donors (Lipinski definition) is 0. The van der Waals surface area contributed by atoms with Gasteiger partial charge in [0.15, 0.2) is 0 Å². The molecule has 0 aliphatic carbocycles. The number of carbonyl (C=O) groups is 1. The lowest BCUT2D eigenvalue weighted by Crippen LogP contribution is -2.25. The van der Waals surface area contributed by atoms with Gasteiger partial charge in [0.05, 0.1) is 6.54 Å². The van der Waals surface area contributed by atoms with Crippen LogP contribution in [0.2, 0.25) is 0 Å². The van der Waals surface area contributed by atoms with Crippen LogP contribution in [0, 0.1) is 6.92 Å². The zero-order valence-electron chi connectivity index (χ0n) is 10.9. The highest BCUT2D eigenvalue weighted by atomic mass is 16.1. The molecule has 0 amide bonds. The number of likely N-dealkylation sites (N-methyl/N-ethyl adjacent to an activating group) is 1. The summed E-state index contributed by atoms with van der Waals surface area (Å²) in [7, 11) is 1.98. The summed E-state index contributed by atoms with van der Waals surface area (Å²) >= 11 is 0. The highest BCUT2D eigenvalue weighted by Gasteiger charge is 2.13. The zero-order chi connectivity index (χ0) is 12.3. The summed E-state index contributed by atoms with van der Waals surface area (Å²) in [6.45, 7) is 8.56. The SMILES string of the molecule is CC(=O)CN(C)c1c(C)cccc1C(C)C. The van der Waals surface area contributed by atoms with Crippen LogP contribution >= 0.6 is 0 Å². The molecule has 0 unspecified atom stereocenters. The van der Waals surface area contributed by atoms with Gasteiger partial charge in [-0.1, -0.05) is 32.0 Å². The number of Topliss-reactive ketones (excluding diaryl/α,β-unsaturated/α-hetero) is 1. The van der Waals surface area contributed by atoms with Crippen LogP contribution in [0.15, 0.2) is 18.2 Å². The molecule has 0 bridgehead atoms. The second-order valence-corrected chi connectivity index (χ2v) is 4.73. The summed E-state index contributed by atoms with van der Waals surface area (Å²) in [4.78, 5) is 13.2. The summed E-state index contributed by atoms with van der Waals surface area (Å²) in [6.07, 6.45) is 0. The quantitative estimate of drug-likeness (QED) is 0.775. The van der Waals surface area contributed by atoms with Crippen molar-refractivity contribution in [2.45, 2.75) is 33.6 Å². The van der Waals surface area contributed by atoms with Gasteiger partial charge in [0, 0.05) is 12.7 Å². The minimum atomic E-state index is 0.195. The molecule has 0 aliphatic heterocycles. The van der Waals surface area contributed by atoms with Crippen LogP contribution in [0.5, 0.6) is 0 Å². The molecule has 0 radical (unpaired) electrons. The predicted octanol–water partition coefficient (Wildman–Crippen LogP) is 3.14. The van der Waals surface area contributed by atoms with Crippen molar-refractivity contribution in [3.8, 4) is 0 Å². The van der Waals surface area contributed by atoms with Gasteiger partial charge in [0.25, 0.3) is 0 Å². The lowest BCUT2D eigenvalue weighted by atomic mass is 9.97. The average Bonchev–Trinajstić information content (AvgIpc) is 2.15. The lowest BCUT2D eigenvalue weighted by Gasteiger charge is -2.25. The van der Waals surface area contributed by atoms with E-state index in [0.717, 1.165) is 0 Å². The van der Waals surface area contributed by atoms with Crippen LogP contribution < -0.4 is 4.90 Å². The number of carbonyl (C=O) groups excluding carboxylic acids is 1. The number of aryl methyl sites for hydroxylation is 1. The molecule has 16 heavy (non-hydrogen) atoms. The Labute approximate surface area is 98.3 Å². The van der Waals surface area contributed by atoms with E-state index in [4.69, 9.17) is 0 Å². The first-order valence-electron chi connectivity index (χ1n) is 5.73. The normalized spacial score (nSPS) is 10.6. The minimum absolute atomic E-state index is 0.195. The number of anilines is 1. The van der Waals surface area contributed by atoms with E-state index in [-0.39, 0.29) is 5.78 Å². The maximum Gasteiger partial charge on any atom is 0.149 e. The molecule has 1 rings (SSSR count). The smallest absolute Gasteiger partial charge is 0.149 e. The number of para-hydroxylation sites is 1. The van der Waals surface area contributed by atoms with Crippen molar-refractivity contribution < 1.29 is 4.79 Å². The molecule has 0 aliphatic rings. The van der Waals surface area contributed by atoms with Crippen LogP contribution in [0.4, 0.5) is 5.69 Å². The number of rotatable bonds is 4. The molecule has 2 heteroatoms. The minimum Gasteiger partial charge on any atom is -0.367 e. The Morgan fingerprint density at radius 1 is 1.38 bits per heavy atom. The first-order valence-corrected chi connectivity index (χ1v) is 5.73. The summed E-state index contributed by atoms with van der Waals surface area (Å²) in [5, 5.41) is 0. The Morgan fingerprint density at radius 2 is 2.00 bits per heavy atom. The Balaban J connectivity index is 3.14. The fourth-order valence-electron chi connectivity index (χ4n) is 2.08. The lowest BCUT2D eigenvalue weighted by molar-refractivity contribution is -0.115. The Kier molecular flexibility index (Phi) is 4.11. The molecule has 0 heterocycles. The van der Waals surface area contributed by atoms with Gasteiger partial charge in [-0.05, 0) is 30.9 Å². The molecule has 88 valence electrons. The maximum absolute atomic E-state index is 11.2. The molecule has 0 spiro atoms. The third kappa shape index (κ3) is 2.84. The van der Waals surface area contributed by atoms with Crippen molar-refractivity contribution in [1.29, 1.82) is 0 Å². The van der Waals surface area contributed by atoms with Crippen molar-refractivity contribution in [2.24, 2.45) is 0 Å². The van der Waals surface area contributed by atoms with Gasteiger partial charge in [-0.25, -0.2) is 0 Å². The maximum atomic E-state index is 11.2. The first kappa shape index (κ1) is 12.8. The molecule has 0 atom stereocenters. The summed E-state index contributed by atoms with van der Waals surface area (Å²) in [5.41, 5.74) is 3.74. The van der Waals surface area contributed by atoms with E-state index < -0.39 is 0 Å². The molecule has 0 aromatic heterocycles. The molecular weight excluding hydrogens is 198 g/mol. The fourth-order valence-corrected chi connectivity index (χ4v) is 2.08. The Hall–Kier alpha value is -1.31. The van der Waals surface area contributed by atoms with Crippen LogP contribution in [-0.4, -0.2) is 19.4 Å². The van der Waals surface area contributed by atoms with Gasteiger partial charge in [-0.3, -0.25) is 4.79 Å². The third-order valence-electron chi connectivity index (χ3n) is 2.73. The van der Waals surface area contributed by atoms with Crippen LogP contribution in [0.25, 0.3) is 0 Å². The molecule has 0 N–H and O–H groups in total. The van der Waals surface area contributed by atoms with E-state index in [1.165, 1.54) is 16.8 Å². The van der Waals surface area contributed by atoms with Crippen LogP contribution in [-0.2, 0) is 4.79 Å². The third-order valence-corrected chi connectivity index (χ3v) is 2.73. The van der Waals surface area contributed by atoms with Gasteiger partial charge in [-0.15, -0.1) is 0 Å². The van der Waals surface area contributed by atoms with Crippen LogP contribution in [0.1, 0.15) is 37.8 Å². The Bertz CT molecular complexity index is 382. The van der Waals surface area contributed by atoms with Gasteiger partial charge < -0.3 is 4.90 Å². The summed E-state index contributed by atoms with van der Waals surface area (Å²) in [6, 6.07) is 6.32. The molecular formula is C14H21NO. The predicted molar refractivity (Wildman–Crippen MR) is 69.2 cm³/mol. The van der Waals surface area contributed by atoms with E-state index in [9.17, 15) is 4.79 Å². The average molecular weight is 219 g/mol. The van der Waals surface area contributed by atoms with Gasteiger partial charge in [0.2, 0.25) is 0 Å². The van der Waals surface area contributed by atoms with Crippen LogP contribution in [0.3, 0.4) is 0 Å². The topological polar surface area (TPSA) is 20.3 Å². The summed E-state index contributed by atoms with van der Waals surface area (Å²) in [5.74, 6) is 0.671. The van der Waals surface area contributed by atoms with Crippen molar-refractivity contribution in [1.82, 2.24) is 0 Å². The largest absolute Gasteiger partial charge is 0.367 e. The van der Waals surface area contributed by atoms with Crippen molar-refractivity contribution in [3.63, 3.8) is 0 Å². The van der Waals surface area contributed by atoms with E-state index in [1.54, 1.807) is 6.92 Å². The van der Waals surface area contributed by atoms with Gasteiger partial charge in [-0.2, -0.15) is 0 Å². The number of nitrogens with zero attached hydrogens (tertiary/aromatic N) is 1. The van der Waals surface area contributed by atoms with E-state index in [2.05, 4.69) is 39.0 Å². The zero-order valence-corrected chi connectivity index (χ0v) is 10.9. The fraction of sp³-hybridized carbons (Fsp3) is 0.500. The first-order chi connectivity index (χ1) is 7.43.